The maximum Gasteiger partial charge on any atom is 0.471 e. The van der Waals surface area contributed by atoms with Crippen molar-refractivity contribution in [3.63, 3.8) is 0 Å². The summed E-state index contributed by atoms with van der Waals surface area (Å²) in [6.45, 7) is 5.00. The fourth-order valence-electron chi connectivity index (χ4n) is 6.63. The Morgan fingerprint density at radius 1 is 0.912 bits per heavy atom. The highest BCUT2D eigenvalue weighted by Crippen LogP contribution is 2.57. The van der Waals surface area contributed by atoms with Crippen molar-refractivity contribution in [1.82, 2.24) is 10.6 Å². The lowest BCUT2D eigenvalue weighted by Crippen LogP contribution is -2.34. The van der Waals surface area contributed by atoms with E-state index >= 15 is 0 Å². The highest BCUT2D eigenvalue weighted by atomic mass is 19.4. The Morgan fingerprint density at radius 2 is 1.58 bits per heavy atom. The Labute approximate surface area is 331 Å². The van der Waals surface area contributed by atoms with E-state index in [4.69, 9.17) is 17.0 Å². The van der Waals surface area contributed by atoms with Crippen molar-refractivity contribution in [1.29, 1.82) is 1.43 Å². The van der Waals surface area contributed by atoms with Crippen LogP contribution in [0.1, 0.15) is 111 Å². The molecule has 0 aliphatic carbocycles. The molecule has 1 spiro atoms. The van der Waals surface area contributed by atoms with Gasteiger partial charge in [0.15, 0.2) is 5.60 Å². The quantitative estimate of drug-likeness (QED) is 0.0650. The van der Waals surface area contributed by atoms with Gasteiger partial charge in [-0.15, -0.1) is 0 Å². The van der Waals surface area contributed by atoms with Crippen LogP contribution in [0.2, 0.25) is 0 Å². The Bertz CT molecular complexity index is 1980. The van der Waals surface area contributed by atoms with Crippen LogP contribution in [0.25, 0.3) is 0 Å². The number of amides is 4. The second-order valence-electron chi connectivity index (χ2n) is 13.6. The van der Waals surface area contributed by atoms with Crippen molar-refractivity contribution in [2.75, 3.05) is 36.9 Å². The minimum atomic E-state index is -5.15. The number of esters is 1. The molecule has 2 aliphatic rings. The first-order chi connectivity index (χ1) is 28.3. The molecular weight excluding hydrogens is 749 g/mol. The van der Waals surface area contributed by atoms with E-state index in [9.17, 15) is 37.1 Å². The number of ether oxygens (including phenoxy) is 3. The van der Waals surface area contributed by atoms with Crippen molar-refractivity contribution in [2.24, 2.45) is 0 Å². The number of benzene rings is 3. The second kappa shape index (κ2) is 19.6. The zero-order chi connectivity index (χ0) is 43.2. The molecule has 0 saturated heterocycles. The highest BCUT2D eigenvalue weighted by molar-refractivity contribution is 6.01. The summed E-state index contributed by atoms with van der Waals surface area (Å²) in [4.78, 5) is 62.6. The topological polar surface area (TPSA) is 181 Å². The molecule has 0 fully saturated rings. The number of fused-ring (bicyclic) bond motifs is 6. The molecule has 57 heavy (non-hydrogen) atoms. The van der Waals surface area contributed by atoms with Crippen LogP contribution in [0.3, 0.4) is 0 Å². The molecule has 0 bridgehead atoms. The van der Waals surface area contributed by atoms with Gasteiger partial charge in [0.1, 0.15) is 11.5 Å². The second-order valence-corrected chi connectivity index (χ2v) is 13.6. The first kappa shape index (κ1) is 41.2. The van der Waals surface area contributed by atoms with Crippen LogP contribution in [0.15, 0.2) is 54.6 Å². The zero-order valence-corrected chi connectivity index (χ0v) is 32.1. The number of aliphatic hydroxyl groups is 1. The Kier molecular flexibility index (Phi) is 14.1. The van der Waals surface area contributed by atoms with Gasteiger partial charge >= 0.3 is 18.1 Å². The molecule has 0 radical (unpaired) electrons. The summed E-state index contributed by atoms with van der Waals surface area (Å²) >= 11 is 0. The molecule has 3 aromatic carbocycles. The van der Waals surface area contributed by atoms with Gasteiger partial charge < -0.3 is 40.6 Å². The van der Waals surface area contributed by atoms with Crippen LogP contribution >= 0.6 is 0 Å². The normalized spacial score (nSPS) is 15.9. The number of carbonyl (C=O) groups excluding carboxylic acids is 5. The average Bonchev–Trinajstić information content (AvgIpc) is 3.49. The van der Waals surface area contributed by atoms with Gasteiger partial charge in [0.25, 0.3) is 5.91 Å². The summed E-state index contributed by atoms with van der Waals surface area (Å²) in [5.41, 5.74) is -0.443. The monoisotopic (exact) mass is 801 g/mol. The van der Waals surface area contributed by atoms with Gasteiger partial charge in [0.2, 0.25) is 13.2 Å². The van der Waals surface area contributed by atoms with Crippen molar-refractivity contribution in [3.05, 3.63) is 82.4 Å². The number of anilines is 2. The van der Waals surface area contributed by atoms with Crippen LogP contribution in [-0.4, -0.2) is 74.7 Å². The average molecular weight is 802 g/mol. The molecule has 2 atom stereocenters. The van der Waals surface area contributed by atoms with E-state index in [0.717, 1.165) is 25.7 Å². The third kappa shape index (κ3) is 10.7. The summed E-state index contributed by atoms with van der Waals surface area (Å²) in [6.07, 6.45) is 0.230. The number of nitrogens with one attached hydrogen (secondary N) is 4. The number of alkyl halides is 3. The summed E-state index contributed by atoms with van der Waals surface area (Å²) in [6, 6.07) is 12.8. The number of unbranched alkanes of at least 4 members (excludes halogenated alkanes) is 3. The predicted molar refractivity (Wildman–Crippen MR) is 205 cm³/mol. The standard InChI is InChI=1S/C40H45F3N4O9.CH4/c1-3-19-54-28(23-48)9-6-8-17-44-35(50)10-5-4-7-18-45-36(51)25-11-14-29-32(20-25)39(56-37(29)52)30-15-12-26(46-24(2)49)21-33(30)55-34-22-27(13-16-31(34)39)47-38(53)40(41,42)43;/h11-16,20-22,28,48H,3-10,17-19,23H2,1-2H3,(H,44,50)(H,45,51)(H,46,49)(H,47,53);1H4/i48D;1T. The Balaban J connectivity index is 0.00000378. The van der Waals surface area contributed by atoms with Gasteiger partial charge in [-0.25, -0.2) is 4.79 Å². The molecule has 5 rings (SSSR count). The van der Waals surface area contributed by atoms with Crippen LogP contribution in [0.5, 0.6) is 11.5 Å². The van der Waals surface area contributed by atoms with Crippen LogP contribution in [-0.2, 0) is 29.5 Å². The highest BCUT2D eigenvalue weighted by Gasteiger charge is 2.54. The molecule has 0 saturated carbocycles. The Morgan fingerprint density at radius 3 is 2.23 bits per heavy atom. The third-order valence-electron chi connectivity index (χ3n) is 9.29. The van der Waals surface area contributed by atoms with Gasteiger partial charge in [-0.1, -0.05) is 20.7 Å². The van der Waals surface area contributed by atoms with E-state index in [1.165, 1.54) is 56.8 Å². The molecule has 0 aromatic heterocycles. The van der Waals surface area contributed by atoms with Crippen LogP contribution < -0.4 is 26.0 Å². The molecule has 308 valence electrons. The van der Waals surface area contributed by atoms with Crippen LogP contribution in [0.4, 0.5) is 24.5 Å². The summed E-state index contributed by atoms with van der Waals surface area (Å²) in [5.74, 6) is -3.71. The lowest BCUT2D eigenvalue weighted by atomic mass is 9.77. The molecule has 4 amide bonds. The molecule has 3 aromatic rings. The number of halogens is 3. The SMILES string of the molecule is [2H]OCC(CCCCNC(=O)CCCCCNC(=O)c1ccc2c(c1)C1(OC2=O)c2ccc(NC(C)=O)cc2Oc2cc(NC(=O)C(F)(F)F)ccc21)OCCC.[3H]C. The number of rotatable bonds is 19. The van der Waals surface area contributed by atoms with Gasteiger partial charge in [-0.3, -0.25) is 19.2 Å². The van der Waals surface area contributed by atoms with E-state index < -0.39 is 29.6 Å². The maximum absolute atomic E-state index is 13.4. The van der Waals surface area contributed by atoms with Gasteiger partial charge in [-0.05, 0) is 81.0 Å². The van der Waals surface area contributed by atoms with E-state index in [1.807, 2.05) is 6.92 Å². The predicted octanol–water partition coefficient (Wildman–Crippen LogP) is 6.71. The molecule has 13 nitrogen and oxygen atoms in total. The van der Waals surface area contributed by atoms with Crippen molar-refractivity contribution in [3.8, 4) is 11.5 Å². The summed E-state index contributed by atoms with van der Waals surface area (Å²) < 4.78 is 69.7. The smallest absolute Gasteiger partial charge is 0.456 e. The van der Waals surface area contributed by atoms with E-state index in [-0.39, 0.29) is 64.0 Å². The fourth-order valence-corrected chi connectivity index (χ4v) is 6.63. The minimum Gasteiger partial charge on any atom is -0.456 e. The molecule has 16 heteroatoms. The fraction of sp³-hybridized carbons (Fsp3) is 0.439. The first-order valence-corrected chi connectivity index (χ1v) is 18.5. The number of carbonyl (C=O) groups is 5. The van der Waals surface area contributed by atoms with Crippen molar-refractivity contribution >= 4 is 41.0 Å². The van der Waals surface area contributed by atoms with Gasteiger partial charge in [0, 0.05) is 80.2 Å². The van der Waals surface area contributed by atoms with Gasteiger partial charge in [0.05, 0.1) is 18.3 Å². The molecule has 2 aliphatic heterocycles. The third-order valence-corrected chi connectivity index (χ3v) is 9.29. The zero-order valence-electron chi connectivity index (χ0n) is 34.1. The maximum atomic E-state index is 13.4. The minimum absolute atomic E-state index is 0.0375. The van der Waals surface area contributed by atoms with Crippen LogP contribution in [0, 0.1) is 0 Å². The van der Waals surface area contributed by atoms with E-state index in [1.54, 1.807) is 17.4 Å². The Hall–Kier alpha value is -5.48. The number of aliphatic hydroxyl groups excluding tert-OH is 1. The largest absolute Gasteiger partial charge is 0.471 e. The van der Waals surface area contributed by atoms with E-state index in [0.29, 0.717) is 56.6 Å². The van der Waals surface area contributed by atoms with Crippen molar-refractivity contribution in [2.45, 2.75) is 90.5 Å². The molecule has 2 heterocycles. The lowest BCUT2D eigenvalue weighted by Gasteiger charge is -2.37. The van der Waals surface area contributed by atoms with Gasteiger partial charge in [-0.2, -0.15) is 13.2 Å². The van der Waals surface area contributed by atoms with E-state index in [2.05, 4.69) is 21.1 Å². The summed E-state index contributed by atoms with van der Waals surface area (Å²) in [7, 11) is 1.25. The van der Waals surface area contributed by atoms with Crippen molar-refractivity contribution < 1.29 is 57.8 Å². The lowest BCUT2D eigenvalue weighted by molar-refractivity contribution is -0.167. The summed E-state index contributed by atoms with van der Waals surface area (Å²) in [5, 5.41) is 14.7. The molecule has 2 unspecified atom stereocenters. The molecule has 5 N–H and O–H groups in total. The number of hydrogen-bond acceptors (Lipinski definition) is 9. The first-order valence-electron chi connectivity index (χ1n) is 19.9. The number of hydrogen-bond donors (Lipinski definition) is 5. The molecular formula is C41H49F3N4O9.